The van der Waals surface area contributed by atoms with Gasteiger partial charge in [-0.25, -0.2) is 0 Å². The highest BCUT2D eigenvalue weighted by molar-refractivity contribution is 7.99. The monoisotopic (exact) mass is 503 g/mol. The van der Waals surface area contributed by atoms with Gasteiger partial charge >= 0.3 is 0 Å². The van der Waals surface area contributed by atoms with Crippen molar-refractivity contribution in [3.63, 3.8) is 0 Å². The van der Waals surface area contributed by atoms with Crippen molar-refractivity contribution >= 4 is 40.1 Å². The van der Waals surface area contributed by atoms with Crippen LogP contribution in [0.3, 0.4) is 0 Å². The number of amides is 1. The van der Waals surface area contributed by atoms with Crippen LogP contribution in [-0.4, -0.2) is 41.4 Å². The Bertz CT molecular complexity index is 1610. The molecule has 37 heavy (non-hydrogen) atoms. The van der Waals surface area contributed by atoms with Crippen molar-refractivity contribution in [1.82, 2.24) is 29.8 Å². The van der Waals surface area contributed by atoms with Crippen molar-refractivity contribution in [3.05, 3.63) is 115 Å². The van der Waals surface area contributed by atoms with Gasteiger partial charge in [-0.3, -0.25) is 14.3 Å². The molecule has 2 aromatic heterocycles. The van der Waals surface area contributed by atoms with Crippen molar-refractivity contribution in [3.8, 4) is 11.6 Å². The summed E-state index contributed by atoms with van der Waals surface area (Å²) in [5, 5.41) is 18.1. The lowest BCUT2D eigenvalue weighted by molar-refractivity contribution is -0.115. The molecular weight excluding hydrogens is 482 g/mol. The number of fused-ring (bicyclic) bond motifs is 1. The molecule has 180 valence electrons. The molecule has 0 radical (unpaired) electrons. The van der Waals surface area contributed by atoms with E-state index < -0.39 is 0 Å². The number of rotatable bonds is 7. The summed E-state index contributed by atoms with van der Waals surface area (Å²) in [6.45, 7) is 0. The van der Waals surface area contributed by atoms with E-state index >= 15 is 0 Å². The third-order valence-corrected chi connectivity index (χ3v) is 6.69. The topological polar surface area (TPSA) is 81.7 Å². The normalized spacial score (nSPS) is 11.0. The zero-order chi connectivity index (χ0) is 25.0. The standard InChI is InChI=1S/C28H21N7OS/c36-26(33(21-12-4-1-5-13-21)22-14-6-2-7-15-22)20-37-28-31-30-27(34(28)23-16-8-3-9-17-23)35-25-19-11-10-18-24(25)29-32-35/h1-19H,20H2. The Morgan fingerprint density at radius 2 is 1.30 bits per heavy atom. The van der Waals surface area contributed by atoms with Crippen LogP contribution in [0.4, 0.5) is 11.4 Å². The van der Waals surface area contributed by atoms with Crippen molar-refractivity contribution in [2.45, 2.75) is 5.16 Å². The maximum absolute atomic E-state index is 13.6. The van der Waals surface area contributed by atoms with E-state index in [9.17, 15) is 4.79 Å². The van der Waals surface area contributed by atoms with Crippen molar-refractivity contribution in [1.29, 1.82) is 0 Å². The van der Waals surface area contributed by atoms with Crippen LogP contribution in [0.15, 0.2) is 120 Å². The van der Waals surface area contributed by atoms with Gasteiger partial charge in [0.05, 0.1) is 17.0 Å². The van der Waals surface area contributed by atoms with Gasteiger partial charge in [-0.2, -0.15) is 4.68 Å². The molecule has 2 heterocycles. The van der Waals surface area contributed by atoms with Gasteiger partial charge in [0.1, 0.15) is 5.52 Å². The van der Waals surface area contributed by atoms with Gasteiger partial charge < -0.3 is 0 Å². The molecule has 8 nitrogen and oxygen atoms in total. The van der Waals surface area contributed by atoms with Gasteiger partial charge in [0.2, 0.25) is 5.91 Å². The fourth-order valence-electron chi connectivity index (χ4n) is 4.09. The second kappa shape index (κ2) is 10.1. The Balaban J connectivity index is 1.36. The van der Waals surface area contributed by atoms with Crippen LogP contribution in [0.25, 0.3) is 22.7 Å². The Hall–Kier alpha value is -4.76. The molecule has 0 N–H and O–H groups in total. The van der Waals surface area contributed by atoms with E-state index in [0.29, 0.717) is 11.1 Å². The maximum Gasteiger partial charge on any atom is 0.259 e. The summed E-state index contributed by atoms with van der Waals surface area (Å²) >= 11 is 1.33. The quantitative estimate of drug-likeness (QED) is 0.269. The third kappa shape index (κ3) is 4.48. The number of carbonyl (C=O) groups excluding carboxylic acids is 1. The van der Waals surface area contributed by atoms with E-state index in [2.05, 4.69) is 20.5 Å². The first-order valence-corrected chi connectivity index (χ1v) is 12.7. The molecule has 0 saturated carbocycles. The van der Waals surface area contributed by atoms with Crippen LogP contribution < -0.4 is 4.90 Å². The van der Waals surface area contributed by atoms with E-state index in [0.717, 1.165) is 28.1 Å². The summed E-state index contributed by atoms with van der Waals surface area (Å²) < 4.78 is 3.57. The lowest BCUT2D eigenvalue weighted by Gasteiger charge is -2.23. The maximum atomic E-state index is 13.6. The molecule has 6 aromatic rings. The average molecular weight is 504 g/mol. The van der Waals surface area contributed by atoms with E-state index in [1.54, 1.807) is 9.58 Å². The molecule has 6 rings (SSSR count). The van der Waals surface area contributed by atoms with E-state index in [1.165, 1.54) is 11.8 Å². The molecule has 0 bridgehead atoms. The zero-order valence-electron chi connectivity index (χ0n) is 19.6. The lowest BCUT2D eigenvalue weighted by Crippen LogP contribution is -2.27. The predicted octanol–water partition coefficient (Wildman–Crippen LogP) is 5.46. The largest absolute Gasteiger partial charge is 0.280 e. The molecular formula is C28H21N7OS. The zero-order valence-corrected chi connectivity index (χ0v) is 20.4. The molecule has 9 heteroatoms. The highest BCUT2D eigenvalue weighted by Crippen LogP contribution is 2.29. The summed E-state index contributed by atoms with van der Waals surface area (Å²) in [6.07, 6.45) is 0. The summed E-state index contributed by atoms with van der Waals surface area (Å²) in [7, 11) is 0. The van der Waals surface area contributed by atoms with Crippen LogP contribution in [0, 0.1) is 0 Å². The number of hydrogen-bond donors (Lipinski definition) is 0. The molecule has 0 spiro atoms. The van der Waals surface area contributed by atoms with E-state index in [1.807, 2.05) is 120 Å². The Labute approximate surface area is 217 Å². The van der Waals surface area contributed by atoms with Crippen LogP contribution >= 0.6 is 11.8 Å². The number of anilines is 2. The first-order valence-electron chi connectivity index (χ1n) is 11.7. The summed E-state index contributed by atoms with van der Waals surface area (Å²) in [6, 6.07) is 36.7. The fraction of sp³-hybridized carbons (Fsp3) is 0.0357. The Morgan fingerprint density at radius 3 is 1.97 bits per heavy atom. The summed E-state index contributed by atoms with van der Waals surface area (Å²) in [5.74, 6) is 0.586. The molecule has 0 aliphatic carbocycles. The summed E-state index contributed by atoms with van der Waals surface area (Å²) in [4.78, 5) is 15.3. The molecule has 0 fully saturated rings. The van der Waals surface area contributed by atoms with E-state index in [-0.39, 0.29) is 11.7 Å². The fourth-order valence-corrected chi connectivity index (χ4v) is 4.89. The predicted molar refractivity (Wildman–Crippen MR) is 145 cm³/mol. The van der Waals surface area contributed by atoms with Crippen LogP contribution in [-0.2, 0) is 4.79 Å². The molecule has 1 amide bonds. The van der Waals surface area contributed by atoms with Gasteiger partial charge in [0.25, 0.3) is 5.95 Å². The van der Waals surface area contributed by atoms with Crippen LogP contribution in [0.1, 0.15) is 0 Å². The third-order valence-electron chi connectivity index (χ3n) is 5.77. The van der Waals surface area contributed by atoms with E-state index in [4.69, 9.17) is 0 Å². The SMILES string of the molecule is O=C(CSc1nnc(-n2nnc3ccccc32)n1-c1ccccc1)N(c1ccccc1)c1ccccc1. The minimum Gasteiger partial charge on any atom is -0.280 e. The molecule has 4 aromatic carbocycles. The number of hydrogen-bond acceptors (Lipinski definition) is 6. The van der Waals surface area contributed by atoms with Gasteiger partial charge in [0, 0.05) is 11.4 Å². The average Bonchev–Trinajstić information content (AvgIpc) is 3.58. The number of para-hydroxylation sites is 4. The van der Waals surface area contributed by atoms with Crippen molar-refractivity contribution in [2.75, 3.05) is 10.7 Å². The smallest absolute Gasteiger partial charge is 0.259 e. The second-order valence-corrected chi connectivity index (χ2v) is 9.07. The highest BCUT2D eigenvalue weighted by Gasteiger charge is 2.22. The Kier molecular flexibility index (Phi) is 6.18. The van der Waals surface area contributed by atoms with Gasteiger partial charge in [-0.1, -0.05) is 83.7 Å². The van der Waals surface area contributed by atoms with Crippen LogP contribution in [0.2, 0.25) is 0 Å². The van der Waals surface area contributed by atoms with Crippen molar-refractivity contribution in [2.24, 2.45) is 0 Å². The first kappa shape index (κ1) is 22.7. The molecule has 0 saturated heterocycles. The summed E-state index contributed by atoms with van der Waals surface area (Å²) in [5.41, 5.74) is 4.05. The minimum atomic E-state index is -0.0715. The Morgan fingerprint density at radius 1 is 0.703 bits per heavy atom. The second-order valence-electron chi connectivity index (χ2n) is 8.13. The first-order chi connectivity index (χ1) is 18.3. The lowest BCUT2D eigenvalue weighted by atomic mass is 10.2. The minimum absolute atomic E-state index is 0.0715. The van der Waals surface area contributed by atoms with Gasteiger partial charge in [-0.05, 0) is 48.5 Å². The number of nitrogens with zero attached hydrogens (tertiary/aromatic N) is 7. The molecule has 0 aliphatic rings. The number of aromatic nitrogens is 6. The molecule has 0 aliphatic heterocycles. The molecule has 0 atom stereocenters. The van der Waals surface area contributed by atoms with Crippen LogP contribution in [0.5, 0.6) is 0 Å². The molecule has 0 unspecified atom stereocenters. The number of thioether (sulfide) groups is 1. The number of benzene rings is 4. The highest BCUT2D eigenvalue weighted by atomic mass is 32.2. The number of carbonyl (C=O) groups is 1. The van der Waals surface area contributed by atoms with Gasteiger partial charge in [-0.15, -0.1) is 15.3 Å². The van der Waals surface area contributed by atoms with Gasteiger partial charge in [0.15, 0.2) is 5.16 Å². The van der Waals surface area contributed by atoms with Crippen molar-refractivity contribution < 1.29 is 4.79 Å².